The Morgan fingerprint density at radius 1 is 1.35 bits per heavy atom. The third kappa shape index (κ3) is 2.83. The summed E-state index contributed by atoms with van der Waals surface area (Å²) in [5.41, 5.74) is 1.72. The van der Waals surface area contributed by atoms with E-state index >= 15 is 0 Å². The van der Waals surface area contributed by atoms with Crippen molar-refractivity contribution >= 4 is 11.9 Å². The molecule has 2 aliphatic heterocycles. The lowest BCUT2D eigenvalue weighted by atomic mass is 9.97. The Kier molecular flexibility index (Phi) is 4.36. The summed E-state index contributed by atoms with van der Waals surface area (Å²) >= 11 is 0. The largest absolute Gasteiger partial charge is 0.488 e. The summed E-state index contributed by atoms with van der Waals surface area (Å²) in [5.74, 6) is 0.536. The Hall–Kier alpha value is -2.83. The molecular formula is C19H20N2O5. The smallest absolute Gasteiger partial charge is 0.310 e. The summed E-state index contributed by atoms with van der Waals surface area (Å²) in [5, 5.41) is 4.02. The zero-order chi connectivity index (χ0) is 18.1. The number of ether oxygens (including phenoxy) is 2. The van der Waals surface area contributed by atoms with Crippen molar-refractivity contribution in [3.63, 3.8) is 0 Å². The van der Waals surface area contributed by atoms with Crippen molar-refractivity contribution in [1.29, 1.82) is 0 Å². The highest BCUT2D eigenvalue weighted by Crippen LogP contribution is 2.39. The Bertz CT molecular complexity index is 844. The van der Waals surface area contributed by atoms with Crippen molar-refractivity contribution < 1.29 is 23.6 Å². The molecule has 0 aliphatic carbocycles. The lowest BCUT2D eigenvalue weighted by Crippen LogP contribution is -2.43. The van der Waals surface area contributed by atoms with E-state index in [9.17, 15) is 9.59 Å². The average molecular weight is 356 g/mol. The molecule has 0 saturated carbocycles. The number of rotatable bonds is 3. The first-order valence-corrected chi connectivity index (χ1v) is 8.85. The summed E-state index contributed by atoms with van der Waals surface area (Å²) in [4.78, 5) is 26.6. The number of aromatic nitrogens is 1. The number of nitrogens with zero attached hydrogens (tertiary/aromatic N) is 2. The minimum absolute atomic E-state index is 0.230. The number of likely N-dealkylation sites (tertiary alicyclic amines) is 1. The van der Waals surface area contributed by atoms with Gasteiger partial charge in [-0.15, -0.1) is 0 Å². The molecule has 0 N–H and O–H groups in total. The molecule has 3 heterocycles. The second-order valence-electron chi connectivity index (χ2n) is 6.47. The van der Waals surface area contributed by atoms with Gasteiger partial charge >= 0.3 is 5.97 Å². The van der Waals surface area contributed by atoms with Crippen molar-refractivity contribution in [2.75, 3.05) is 19.7 Å². The molecule has 1 fully saturated rings. The van der Waals surface area contributed by atoms with Crippen LogP contribution in [0.25, 0.3) is 11.3 Å². The molecule has 4 rings (SSSR count). The number of para-hydroxylation sites is 1. The summed E-state index contributed by atoms with van der Waals surface area (Å²) in [6.45, 7) is 3.30. The minimum Gasteiger partial charge on any atom is -0.488 e. The maximum absolute atomic E-state index is 13.0. The fourth-order valence-corrected chi connectivity index (χ4v) is 3.52. The summed E-state index contributed by atoms with van der Waals surface area (Å²) < 4.78 is 16.3. The third-order valence-corrected chi connectivity index (χ3v) is 4.82. The second kappa shape index (κ2) is 6.82. The van der Waals surface area contributed by atoms with Crippen LogP contribution in [0.15, 0.2) is 28.8 Å². The SMILES string of the molecule is CCOC(=O)[C@H]1CCCN(C(=O)c2noc3c2COc2ccccc2-3)C1. The molecule has 0 spiro atoms. The number of piperidine rings is 1. The van der Waals surface area contributed by atoms with E-state index in [0.29, 0.717) is 31.0 Å². The molecule has 1 amide bonds. The van der Waals surface area contributed by atoms with E-state index in [1.54, 1.807) is 11.8 Å². The second-order valence-corrected chi connectivity index (χ2v) is 6.47. The van der Waals surface area contributed by atoms with Gasteiger partial charge in [0.1, 0.15) is 12.4 Å². The van der Waals surface area contributed by atoms with Crippen molar-refractivity contribution in [2.45, 2.75) is 26.4 Å². The molecular weight excluding hydrogens is 336 g/mol. The molecule has 7 nitrogen and oxygen atoms in total. The van der Waals surface area contributed by atoms with E-state index in [1.807, 2.05) is 24.3 Å². The molecule has 0 radical (unpaired) electrons. The average Bonchev–Trinajstić information content (AvgIpc) is 3.12. The summed E-state index contributed by atoms with van der Waals surface area (Å²) in [7, 11) is 0. The summed E-state index contributed by atoms with van der Waals surface area (Å²) in [6.07, 6.45) is 1.49. The molecule has 1 aromatic heterocycles. The van der Waals surface area contributed by atoms with Gasteiger partial charge < -0.3 is 18.9 Å². The van der Waals surface area contributed by atoms with Crippen LogP contribution < -0.4 is 4.74 Å². The van der Waals surface area contributed by atoms with Crippen LogP contribution in [0.2, 0.25) is 0 Å². The Labute approximate surface area is 150 Å². The summed E-state index contributed by atoms with van der Waals surface area (Å²) in [6, 6.07) is 7.51. The zero-order valence-electron chi connectivity index (χ0n) is 14.6. The first-order valence-electron chi connectivity index (χ1n) is 8.85. The van der Waals surface area contributed by atoms with Crippen LogP contribution in [-0.4, -0.2) is 41.6 Å². The molecule has 1 saturated heterocycles. The fraction of sp³-hybridized carbons (Fsp3) is 0.421. The van der Waals surface area contributed by atoms with Gasteiger partial charge in [0, 0.05) is 13.1 Å². The monoisotopic (exact) mass is 356 g/mol. The van der Waals surface area contributed by atoms with E-state index in [2.05, 4.69) is 5.16 Å². The number of hydrogen-bond donors (Lipinski definition) is 0. The maximum atomic E-state index is 13.0. The van der Waals surface area contributed by atoms with E-state index in [0.717, 1.165) is 24.2 Å². The van der Waals surface area contributed by atoms with Gasteiger partial charge in [-0.2, -0.15) is 0 Å². The number of fused-ring (bicyclic) bond motifs is 3. The zero-order valence-corrected chi connectivity index (χ0v) is 14.6. The van der Waals surface area contributed by atoms with Crippen LogP contribution in [0.3, 0.4) is 0 Å². The van der Waals surface area contributed by atoms with Gasteiger partial charge in [-0.3, -0.25) is 9.59 Å². The Balaban J connectivity index is 1.57. The van der Waals surface area contributed by atoms with Crippen LogP contribution in [-0.2, 0) is 16.1 Å². The predicted octanol–water partition coefficient (Wildman–Crippen LogP) is 2.65. The van der Waals surface area contributed by atoms with E-state index in [-0.39, 0.29) is 30.1 Å². The van der Waals surface area contributed by atoms with E-state index in [1.165, 1.54) is 0 Å². The quantitative estimate of drug-likeness (QED) is 0.787. The van der Waals surface area contributed by atoms with Gasteiger partial charge in [0.25, 0.3) is 5.91 Å². The van der Waals surface area contributed by atoms with Crippen LogP contribution in [0, 0.1) is 5.92 Å². The Morgan fingerprint density at radius 3 is 3.04 bits per heavy atom. The lowest BCUT2D eigenvalue weighted by molar-refractivity contribution is -0.149. The van der Waals surface area contributed by atoms with Gasteiger partial charge in [0.2, 0.25) is 0 Å². The number of carbonyl (C=O) groups excluding carboxylic acids is 2. The van der Waals surface area contributed by atoms with Crippen molar-refractivity contribution in [2.24, 2.45) is 5.92 Å². The van der Waals surface area contributed by atoms with Gasteiger partial charge in [0.05, 0.1) is 23.7 Å². The molecule has 2 aromatic rings. The van der Waals surface area contributed by atoms with E-state index < -0.39 is 0 Å². The number of amides is 1. The van der Waals surface area contributed by atoms with Crippen LogP contribution in [0.4, 0.5) is 0 Å². The number of carbonyl (C=O) groups is 2. The Morgan fingerprint density at radius 2 is 2.19 bits per heavy atom. The lowest BCUT2D eigenvalue weighted by Gasteiger charge is -2.31. The van der Waals surface area contributed by atoms with E-state index in [4.69, 9.17) is 14.0 Å². The highest BCUT2D eigenvalue weighted by molar-refractivity contribution is 5.96. The number of benzene rings is 1. The number of hydrogen-bond acceptors (Lipinski definition) is 6. The molecule has 7 heteroatoms. The highest BCUT2D eigenvalue weighted by atomic mass is 16.5. The topological polar surface area (TPSA) is 81.9 Å². The molecule has 1 atom stereocenters. The third-order valence-electron chi connectivity index (χ3n) is 4.82. The van der Waals surface area contributed by atoms with Gasteiger partial charge in [-0.1, -0.05) is 17.3 Å². The number of esters is 1. The standard InChI is InChI=1S/C19H20N2O5/c1-2-24-19(23)12-6-5-9-21(10-12)18(22)16-14-11-25-15-8-4-3-7-13(15)17(14)26-20-16/h3-4,7-8,12H,2,5-6,9-11H2,1H3/t12-/m0/s1. The van der Waals surface area contributed by atoms with Gasteiger partial charge in [0.15, 0.2) is 11.5 Å². The van der Waals surface area contributed by atoms with Crippen molar-refractivity contribution in [3.05, 3.63) is 35.5 Å². The fourth-order valence-electron chi connectivity index (χ4n) is 3.52. The van der Waals surface area contributed by atoms with Crippen molar-refractivity contribution in [1.82, 2.24) is 10.1 Å². The first-order chi connectivity index (χ1) is 12.7. The predicted molar refractivity (Wildman–Crippen MR) is 91.5 cm³/mol. The molecule has 0 bridgehead atoms. The molecule has 1 aromatic carbocycles. The van der Waals surface area contributed by atoms with Crippen molar-refractivity contribution in [3.8, 4) is 17.1 Å². The molecule has 26 heavy (non-hydrogen) atoms. The first kappa shape index (κ1) is 16.6. The molecule has 2 aliphatic rings. The van der Waals surface area contributed by atoms with Gasteiger partial charge in [-0.05, 0) is 31.9 Å². The van der Waals surface area contributed by atoms with Gasteiger partial charge in [-0.25, -0.2) is 0 Å². The molecule has 136 valence electrons. The minimum atomic E-state index is -0.285. The van der Waals surface area contributed by atoms with Crippen LogP contribution in [0.5, 0.6) is 5.75 Å². The highest BCUT2D eigenvalue weighted by Gasteiger charge is 2.34. The normalized spacial score (nSPS) is 18.5. The van der Waals surface area contributed by atoms with Crippen LogP contribution >= 0.6 is 0 Å². The maximum Gasteiger partial charge on any atom is 0.310 e. The molecule has 0 unspecified atom stereocenters. The van der Waals surface area contributed by atoms with Crippen LogP contribution in [0.1, 0.15) is 35.8 Å².